The van der Waals surface area contributed by atoms with E-state index in [2.05, 4.69) is 12.2 Å². The number of aliphatic carboxylic acids is 1. The highest BCUT2D eigenvalue weighted by atomic mass is 16.5. The minimum atomic E-state index is -0.943. The van der Waals surface area contributed by atoms with Gasteiger partial charge in [-0.3, -0.25) is 4.79 Å². The Labute approximate surface area is 224 Å². The molecule has 0 saturated carbocycles. The largest absolute Gasteiger partial charge is 0.494 e. The van der Waals surface area contributed by atoms with Crippen molar-refractivity contribution >= 4 is 18.0 Å². The predicted molar refractivity (Wildman–Crippen MR) is 149 cm³/mol. The molecule has 1 atom stereocenters. The maximum absolute atomic E-state index is 11.2. The lowest BCUT2D eigenvalue weighted by molar-refractivity contribution is -0.137. The highest BCUT2D eigenvalue weighted by Gasteiger charge is 2.10. The van der Waals surface area contributed by atoms with E-state index in [1.165, 1.54) is 0 Å². The average Bonchev–Trinajstić information content (AvgIpc) is 2.92. The number of allylic oxidation sites excluding steroid dienone is 1. The van der Waals surface area contributed by atoms with Crippen molar-refractivity contribution in [3.8, 4) is 11.5 Å². The van der Waals surface area contributed by atoms with Crippen LogP contribution in [0.3, 0.4) is 0 Å². The van der Waals surface area contributed by atoms with Crippen LogP contribution in [0.2, 0.25) is 0 Å². The van der Waals surface area contributed by atoms with Crippen molar-refractivity contribution in [3.63, 3.8) is 0 Å². The van der Waals surface area contributed by atoms with Gasteiger partial charge in [-0.1, -0.05) is 67.1 Å². The molecule has 3 aromatic rings. The van der Waals surface area contributed by atoms with Gasteiger partial charge in [-0.05, 0) is 73.9 Å². The molecule has 6 nitrogen and oxygen atoms in total. The van der Waals surface area contributed by atoms with E-state index >= 15 is 0 Å². The summed E-state index contributed by atoms with van der Waals surface area (Å²) in [5.74, 6) is 0.158. The molecule has 6 heteroatoms. The zero-order chi connectivity index (χ0) is 27.0. The first-order valence-corrected chi connectivity index (χ1v) is 13.1. The molecule has 0 aliphatic heterocycles. The van der Waals surface area contributed by atoms with Crippen LogP contribution in [-0.4, -0.2) is 35.4 Å². The van der Waals surface area contributed by atoms with Gasteiger partial charge < -0.3 is 19.7 Å². The summed E-state index contributed by atoms with van der Waals surface area (Å²) in [6.45, 7) is 1.24. The molecule has 38 heavy (non-hydrogen) atoms. The molecular formula is C32H36O6. The van der Waals surface area contributed by atoms with Gasteiger partial charge in [-0.15, -0.1) is 0 Å². The summed E-state index contributed by atoms with van der Waals surface area (Å²) >= 11 is 0. The number of hydrogen-bond donors (Lipinski definition) is 2. The Morgan fingerprint density at radius 2 is 1.45 bits per heavy atom. The molecule has 0 spiro atoms. The van der Waals surface area contributed by atoms with Gasteiger partial charge in [0.25, 0.3) is 0 Å². The summed E-state index contributed by atoms with van der Waals surface area (Å²) < 4.78 is 11.8. The maximum atomic E-state index is 11.2. The van der Waals surface area contributed by atoms with Gasteiger partial charge in [0.15, 0.2) is 0 Å². The Hall–Kier alpha value is -4.06. The van der Waals surface area contributed by atoms with Crippen LogP contribution >= 0.6 is 0 Å². The van der Waals surface area contributed by atoms with Gasteiger partial charge >= 0.3 is 11.9 Å². The normalized spacial score (nSPS) is 11.8. The zero-order valence-electron chi connectivity index (χ0n) is 21.6. The lowest BCUT2D eigenvalue weighted by Crippen LogP contribution is -2.04. The molecule has 0 radical (unpaired) electrons. The third-order valence-corrected chi connectivity index (χ3v) is 6.19. The molecule has 0 aliphatic rings. The third kappa shape index (κ3) is 10.5. The van der Waals surface area contributed by atoms with Crippen LogP contribution in [0.25, 0.3) is 6.08 Å². The van der Waals surface area contributed by atoms with Crippen molar-refractivity contribution in [1.29, 1.82) is 0 Å². The molecule has 0 aliphatic carbocycles. The molecule has 0 saturated heterocycles. The molecule has 3 rings (SSSR count). The van der Waals surface area contributed by atoms with Crippen molar-refractivity contribution in [3.05, 3.63) is 102 Å². The number of para-hydroxylation sites is 2. The van der Waals surface area contributed by atoms with Crippen molar-refractivity contribution in [2.24, 2.45) is 5.92 Å². The number of hydrogen-bond acceptors (Lipinski definition) is 4. The Balaban J connectivity index is 1.56. The van der Waals surface area contributed by atoms with Crippen LogP contribution in [0, 0.1) is 5.92 Å². The van der Waals surface area contributed by atoms with Crippen LogP contribution < -0.4 is 9.47 Å². The van der Waals surface area contributed by atoms with Gasteiger partial charge in [-0.2, -0.15) is 0 Å². The van der Waals surface area contributed by atoms with E-state index in [4.69, 9.17) is 19.7 Å². The maximum Gasteiger partial charge on any atom is 0.335 e. The second-order valence-corrected chi connectivity index (χ2v) is 9.22. The van der Waals surface area contributed by atoms with Gasteiger partial charge in [0, 0.05) is 12.0 Å². The van der Waals surface area contributed by atoms with E-state index < -0.39 is 11.9 Å². The minimum Gasteiger partial charge on any atom is -0.494 e. The fourth-order valence-electron chi connectivity index (χ4n) is 4.12. The summed E-state index contributed by atoms with van der Waals surface area (Å²) in [7, 11) is 0. The minimum absolute atomic E-state index is 0.163. The molecule has 0 aromatic heterocycles. The first-order chi connectivity index (χ1) is 18.5. The monoisotopic (exact) mass is 516 g/mol. The Morgan fingerprint density at radius 3 is 2.16 bits per heavy atom. The van der Waals surface area contributed by atoms with E-state index in [1.54, 1.807) is 12.1 Å². The molecule has 1 unspecified atom stereocenters. The summed E-state index contributed by atoms with van der Waals surface area (Å²) in [4.78, 5) is 22.1. The third-order valence-electron chi connectivity index (χ3n) is 6.19. The van der Waals surface area contributed by atoms with Crippen molar-refractivity contribution in [2.45, 2.75) is 44.9 Å². The molecule has 0 fully saturated rings. The van der Waals surface area contributed by atoms with Gasteiger partial charge in [0.2, 0.25) is 0 Å². The standard InChI is InChI=1S/C32H36O6/c33-31(34)15-7-4-10-25(24-26-17-20-28(21-18-26)32(35)36)16-19-27-11-5-6-14-30(27)38-23-9-8-22-37-29-12-2-1-3-13-29/h1-3,5-6,11-14,16-21,25H,4,7-10,15,22-24H2,(H,33,34)(H,35,36)/b19-16+. The SMILES string of the molecule is O=C(O)CCCCC(/C=C/c1ccccc1OCCCCOc1ccccc1)Cc1ccc(C(=O)O)cc1. The quantitative estimate of drug-likeness (QED) is 0.185. The Morgan fingerprint density at radius 1 is 0.763 bits per heavy atom. The lowest BCUT2D eigenvalue weighted by atomic mass is 9.92. The van der Waals surface area contributed by atoms with E-state index in [9.17, 15) is 9.59 Å². The van der Waals surface area contributed by atoms with E-state index in [0.717, 1.165) is 54.7 Å². The summed E-state index contributed by atoms with van der Waals surface area (Å²) in [5, 5.41) is 18.1. The number of carbonyl (C=O) groups is 2. The van der Waals surface area contributed by atoms with Crippen LogP contribution in [0.15, 0.2) is 84.9 Å². The van der Waals surface area contributed by atoms with E-state index in [0.29, 0.717) is 19.6 Å². The van der Waals surface area contributed by atoms with Crippen LogP contribution in [-0.2, 0) is 11.2 Å². The predicted octanol–water partition coefficient (Wildman–Crippen LogP) is 7.14. The number of rotatable bonds is 17. The number of benzene rings is 3. The van der Waals surface area contributed by atoms with E-state index in [-0.39, 0.29) is 17.9 Å². The first kappa shape index (κ1) is 28.5. The smallest absolute Gasteiger partial charge is 0.335 e. The molecular weight excluding hydrogens is 480 g/mol. The summed E-state index contributed by atoms with van der Waals surface area (Å²) in [6.07, 6.45) is 9.18. The number of carboxylic acid groups (broad SMARTS) is 2. The van der Waals surface area contributed by atoms with Crippen molar-refractivity contribution < 1.29 is 29.3 Å². The van der Waals surface area contributed by atoms with E-state index in [1.807, 2.05) is 66.7 Å². The fraction of sp³-hybridized carbons (Fsp3) is 0.312. The first-order valence-electron chi connectivity index (χ1n) is 13.1. The lowest BCUT2D eigenvalue weighted by Gasteiger charge is -2.14. The van der Waals surface area contributed by atoms with Crippen LogP contribution in [0.4, 0.5) is 0 Å². The van der Waals surface area contributed by atoms with Crippen LogP contribution in [0.1, 0.15) is 60.0 Å². The summed E-state index contributed by atoms with van der Waals surface area (Å²) in [5.41, 5.74) is 2.30. The van der Waals surface area contributed by atoms with Crippen molar-refractivity contribution in [2.75, 3.05) is 13.2 Å². The molecule has 200 valence electrons. The van der Waals surface area contributed by atoms with Gasteiger partial charge in [0.05, 0.1) is 18.8 Å². The molecule has 3 aromatic carbocycles. The summed E-state index contributed by atoms with van der Waals surface area (Å²) in [6, 6.07) is 24.6. The second-order valence-electron chi connectivity index (χ2n) is 9.22. The second kappa shape index (κ2) is 15.9. The fourth-order valence-corrected chi connectivity index (χ4v) is 4.12. The topological polar surface area (TPSA) is 93.1 Å². The molecule has 0 bridgehead atoms. The van der Waals surface area contributed by atoms with Crippen molar-refractivity contribution in [1.82, 2.24) is 0 Å². The van der Waals surface area contributed by atoms with Gasteiger partial charge in [-0.25, -0.2) is 4.79 Å². The Bertz CT molecular complexity index is 1150. The Kier molecular flexibility index (Phi) is 11.9. The molecule has 0 heterocycles. The zero-order valence-corrected chi connectivity index (χ0v) is 21.6. The number of carboxylic acids is 2. The van der Waals surface area contributed by atoms with Gasteiger partial charge in [0.1, 0.15) is 11.5 Å². The molecule has 0 amide bonds. The highest BCUT2D eigenvalue weighted by molar-refractivity contribution is 5.87. The number of aromatic carboxylic acids is 1. The average molecular weight is 517 g/mol. The highest BCUT2D eigenvalue weighted by Crippen LogP contribution is 2.24. The number of ether oxygens (including phenoxy) is 2. The number of unbranched alkanes of at least 4 members (excludes halogenated alkanes) is 2. The molecule has 2 N–H and O–H groups in total. The van der Waals surface area contributed by atoms with Crippen LogP contribution in [0.5, 0.6) is 11.5 Å².